The Morgan fingerprint density at radius 2 is 2.24 bits per heavy atom. The van der Waals surface area contributed by atoms with Gasteiger partial charge in [-0.25, -0.2) is 15.0 Å². The quantitative estimate of drug-likeness (QED) is 0.697. The summed E-state index contributed by atoms with van der Waals surface area (Å²) >= 11 is 9.29. The summed E-state index contributed by atoms with van der Waals surface area (Å²) in [6, 6.07) is 5.71. The molecule has 0 aliphatic rings. The fraction of sp³-hybridized carbons (Fsp3) is 0.214. The molecule has 0 aliphatic carbocycles. The molecule has 0 saturated carbocycles. The van der Waals surface area contributed by atoms with E-state index in [9.17, 15) is 0 Å². The topological polar surface area (TPSA) is 50.7 Å². The second-order valence-corrected chi connectivity index (χ2v) is 6.50. The third kappa shape index (κ3) is 3.28. The van der Waals surface area contributed by atoms with Crippen LogP contribution in [0.5, 0.6) is 0 Å². The molecule has 7 heteroatoms. The molecule has 3 heterocycles. The third-order valence-electron chi connectivity index (χ3n) is 2.78. The van der Waals surface area contributed by atoms with Crippen molar-refractivity contribution in [1.29, 1.82) is 0 Å². The van der Waals surface area contributed by atoms with E-state index in [-0.39, 0.29) is 0 Å². The summed E-state index contributed by atoms with van der Waals surface area (Å²) in [6.07, 6.45) is 1.74. The van der Waals surface area contributed by atoms with Gasteiger partial charge in [0.15, 0.2) is 0 Å². The third-order valence-corrected chi connectivity index (χ3v) is 5.00. The van der Waals surface area contributed by atoms with Crippen LogP contribution in [0.1, 0.15) is 12.7 Å². The molecule has 0 spiro atoms. The lowest BCUT2D eigenvalue weighted by molar-refractivity contribution is 1.05. The predicted octanol–water partition coefficient (Wildman–Crippen LogP) is 4.46. The van der Waals surface area contributed by atoms with Crippen LogP contribution < -0.4 is 5.32 Å². The molecule has 108 valence electrons. The van der Waals surface area contributed by atoms with Crippen molar-refractivity contribution in [2.45, 2.75) is 17.7 Å². The van der Waals surface area contributed by atoms with Crippen LogP contribution in [-0.2, 0) is 5.75 Å². The van der Waals surface area contributed by atoms with Crippen LogP contribution in [0.25, 0.3) is 10.2 Å². The van der Waals surface area contributed by atoms with Crippen molar-refractivity contribution in [1.82, 2.24) is 15.0 Å². The maximum absolute atomic E-state index is 6.11. The zero-order chi connectivity index (χ0) is 14.7. The molecule has 0 unspecified atom stereocenters. The van der Waals surface area contributed by atoms with Gasteiger partial charge in [-0.2, -0.15) is 0 Å². The summed E-state index contributed by atoms with van der Waals surface area (Å²) in [6.45, 7) is 2.89. The van der Waals surface area contributed by atoms with Crippen LogP contribution in [0.15, 0.2) is 34.8 Å². The van der Waals surface area contributed by atoms with Crippen LogP contribution in [0.4, 0.5) is 5.82 Å². The highest BCUT2D eigenvalue weighted by Gasteiger charge is 2.10. The zero-order valence-corrected chi connectivity index (χ0v) is 13.7. The Kier molecular flexibility index (Phi) is 4.57. The van der Waals surface area contributed by atoms with E-state index < -0.39 is 0 Å². The molecule has 0 fully saturated rings. The number of rotatable bonds is 5. The van der Waals surface area contributed by atoms with Crippen molar-refractivity contribution in [3.05, 3.63) is 40.6 Å². The van der Waals surface area contributed by atoms with Crippen molar-refractivity contribution in [2.75, 3.05) is 11.9 Å². The zero-order valence-electron chi connectivity index (χ0n) is 11.3. The van der Waals surface area contributed by atoms with E-state index in [0.717, 1.165) is 33.4 Å². The van der Waals surface area contributed by atoms with Crippen LogP contribution in [0.3, 0.4) is 0 Å². The van der Waals surface area contributed by atoms with E-state index in [1.54, 1.807) is 29.3 Å². The van der Waals surface area contributed by atoms with E-state index in [0.29, 0.717) is 10.8 Å². The molecule has 21 heavy (non-hydrogen) atoms. The Morgan fingerprint density at radius 1 is 1.33 bits per heavy atom. The van der Waals surface area contributed by atoms with Gasteiger partial charge in [0.2, 0.25) is 0 Å². The maximum atomic E-state index is 6.11. The average molecular weight is 337 g/mol. The first-order valence-electron chi connectivity index (χ1n) is 6.49. The molecule has 0 atom stereocenters. The van der Waals surface area contributed by atoms with Gasteiger partial charge in [0.1, 0.15) is 21.5 Å². The van der Waals surface area contributed by atoms with Gasteiger partial charge in [-0.15, -0.1) is 11.3 Å². The van der Waals surface area contributed by atoms with Crippen LogP contribution in [0.2, 0.25) is 5.02 Å². The number of nitrogens with zero attached hydrogens (tertiary/aromatic N) is 3. The van der Waals surface area contributed by atoms with E-state index in [1.807, 2.05) is 23.6 Å². The summed E-state index contributed by atoms with van der Waals surface area (Å²) in [5.74, 6) is 2.32. The normalized spacial score (nSPS) is 11.0. The van der Waals surface area contributed by atoms with Crippen molar-refractivity contribution < 1.29 is 0 Å². The Hall–Kier alpha value is -1.37. The van der Waals surface area contributed by atoms with Crippen molar-refractivity contribution in [3.63, 3.8) is 0 Å². The van der Waals surface area contributed by atoms with Crippen molar-refractivity contribution >= 4 is 50.7 Å². The standard InChI is InChI=1S/C14H13ClN4S2/c1-2-16-12-9-5-7-20-13(9)19-11(18-12)8-21-14-10(15)4-3-6-17-14/h3-7H,2,8H2,1H3,(H,16,18,19). The van der Waals surface area contributed by atoms with E-state index in [1.165, 1.54) is 0 Å². The lowest BCUT2D eigenvalue weighted by Gasteiger charge is -2.07. The molecule has 0 bridgehead atoms. The van der Waals surface area contributed by atoms with E-state index in [4.69, 9.17) is 11.6 Å². The van der Waals surface area contributed by atoms with Gasteiger partial charge in [-0.3, -0.25) is 0 Å². The number of thioether (sulfide) groups is 1. The first kappa shape index (κ1) is 14.6. The number of pyridine rings is 1. The molecular formula is C14H13ClN4S2. The van der Waals surface area contributed by atoms with Crippen molar-refractivity contribution in [2.24, 2.45) is 0 Å². The number of thiophene rings is 1. The summed E-state index contributed by atoms with van der Waals surface area (Å²) < 4.78 is 0. The van der Waals surface area contributed by atoms with Gasteiger partial charge in [-0.05, 0) is 30.5 Å². The summed E-state index contributed by atoms with van der Waals surface area (Å²) in [7, 11) is 0. The molecule has 0 saturated heterocycles. The van der Waals surface area contributed by atoms with Crippen LogP contribution in [0, 0.1) is 0 Å². The Balaban J connectivity index is 1.85. The minimum absolute atomic E-state index is 0.642. The van der Waals surface area contributed by atoms with Gasteiger partial charge in [0.05, 0.1) is 16.2 Å². The highest BCUT2D eigenvalue weighted by Crippen LogP contribution is 2.29. The van der Waals surface area contributed by atoms with Crippen LogP contribution in [-0.4, -0.2) is 21.5 Å². The first-order valence-corrected chi connectivity index (χ1v) is 8.73. The monoisotopic (exact) mass is 336 g/mol. The fourth-order valence-electron chi connectivity index (χ4n) is 1.88. The fourth-order valence-corrected chi connectivity index (χ4v) is 3.68. The van der Waals surface area contributed by atoms with Gasteiger partial charge in [0, 0.05) is 12.7 Å². The first-order chi connectivity index (χ1) is 10.3. The number of aromatic nitrogens is 3. The van der Waals surface area contributed by atoms with Gasteiger partial charge in [-0.1, -0.05) is 23.4 Å². The molecule has 4 nitrogen and oxygen atoms in total. The number of fused-ring (bicyclic) bond motifs is 1. The molecule has 0 aromatic carbocycles. The summed E-state index contributed by atoms with van der Waals surface area (Å²) in [4.78, 5) is 14.5. The molecule has 0 radical (unpaired) electrons. The van der Waals surface area contributed by atoms with E-state index >= 15 is 0 Å². The lowest BCUT2D eigenvalue weighted by Crippen LogP contribution is -2.03. The van der Waals surface area contributed by atoms with Gasteiger partial charge in [0.25, 0.3) is 0 Å². The number of halogens is 1. The highest BCUT2D eigenvalue weighted by molar-refractivity contribution is 7.98. The predicted molar refractivity (Wildman–Crippen MR) is 90.4 cm³/mol. The Labute approximate surface area is 136 Å². The smallest absolute Gasteiger partial charge is 0.142 e. The molecule has 0 aliphatic heterocycles. The molecule has 1 N–H and O–H groups in total. The molecule has 3 rings (SSSR count). The number of nitrogens with one attached hydrogen (secondary N) is 1. The van der Waals surface area contributed by atoms with Gasteiger partial charge < -0.3 is 5.32 Å². The molecule has 3 aromatic heterocycles. The maximum Gasteiger partial charge on any atom is 0.142 e. The SMILES string of the molecule is CCNc1nc(CSc2ncccc2Cl)nc2sccc12. The van der Waals surface area contributed by atoms with Crippen LogP contribution >= 0.6 is 34.7 Å². The van der Waals surface area contributed by atoms with Gasteiger partial charge >= 0.3 is 0 Å². The average Bonchev–Trinajstić information content (AvgIpc) is 2.95. The second kappa shape index (κ2) is 6.60. The minimum atomic E-state index is 0.642. The van der Waals surface area contributed by atoms with E-state index in [2.05, 4.69) is 27.2 Å². The highest BCUT2D eigenvalue weighted by atomic mass is 35.5. The number of hydrogen-bond acceptors (Lipinski definition) is 6. The second-order valence-electron chi connectivity index (χ2n) is 4.24. The summed E-state index contributed by atoms with van der Waals surface area (Å²) in [5, 5.41) is 7.86. The molecule has 3 aromatic rings. The molecule has 0 amide bonds. The lowest BCUT2D eigenvalue weighted by atomic mass is 10.3. The number of hydrogen-bond donors (Lipinski definition) is 1. The van der Waals surface area contributed by atoms with Crippen molar-refractivity contribution in [3.8, 4) is 0 Å². The number of anilines is 1. The Morgan fingerprint density at radius 3 is 3.05 bits per heavy atom. The minimum Gasteiger partial charge on any atom is -0.370 e. The Bertz CT molecular complexity index is 760. The largest absolute Gasteiger partial charge is 0.370 e. The molecular weight excluding hydrogens is 324 g/mol. The summed E-state index contributed by atoms with van der Waals surface area (Å²) in [5.41, 5.74) is 0.